The van der Waals surface area contributed by atoms with E-state index in [9.17, 15) is 48.3 Å². The van der Waals surface area contributed by atoms with Gasteiger partial charge in [-0.25, -0.2) is 0 Å². The number of amides is 9. The van der Waals surface area contributed by atoms with Crippen LogP contribution in [0.2, 0.25) is 0 Å². The van der Waals surface area contributed by atoms with E-state index in [2.05, 4.69) is 42.2 Å². The van der Waals surface area contributed by atoms with E-state index < -0.39 is 126 Å². The maximum atomic E-state index is 14.0. The topological polar surface area (TPSA) is 404 Å². The maximum Gasteiger partial charge on any atom is 0.246 e. The summed E-state index contributed by atoms with van der Waals surface area (Å²) in [5.74, 6) is -7.64. The van der Waals surface area contributed by atoms with Gasteiger partial charge in [-0.2, -0.15) is 0 Å². The van der Waals surface area contributed by atoms with Crippen molar-refractivity contribution in [3.05, 3.63) is 35.9 Å². The van der Waals surface area contributed by atoms with Crippen molar-refractivity contribution in [3.63, 3.8) is 0 Å². The van der Waals surface area contributed by atoms with E-state index in [0.717, 1.165) is 5.56 Å². The Labute approximate surface area is 416 Å². The van der Waals surface area contributed by atoms with Crippen LogP contribution in [0.25, 0.3) is 0 Å². The molecule has 9 amide bonds. The first-order valence-electron chi connectivity index (χ1n) is 24.4. The number of carbonyl (C=O) groups excluding carboxylic acids is 9. The van der Waals surface area contributed by atoms with Crippen molar-refractivity contribution in [2.75, 3.05) is 32.8 Å². The minimum Gasteiger partial charge on any atom is -0.394 e. The molecule has 24 heteroatoms. The number of aliphatic hydroxyl groups excluding tert-OH is 1. The molecule has 398 valence electrons. The lowest BCUT2D eigenvalue weighted by molar-refractivity contribution is -0.143. The number of guanidine groups is 1. The highest BCUT2D eigenvalue weighted by molar-refractivity contribution is 5.98. The minimum absolute atomic E-state index is 0.0459. The molecule has 0 aliphatic carbocycles. The molecular formula is C47H80N14O10. The van der Waals surface area contributed by atoms with Gasteiger partial charge >= 0.3 is 0 Å². The fraction of sp³-hybridized carbons (Fsp3) is 0.660. The van der Waals surface area contributed by atoms with Crippen LogP contribution in [0.1, 0.15) is 98.5 Å². The number of primary amides is 1. The minimum atomic E-state index is -1.40. The second kappa shape index (κ2) is 31.0. The average Bonchev–Trinajstić information content (AvgIpc) is 3.81. The third kappa shape index (κ3) is 21.2. The molecule has 0 spiro atoms. The largest absolute Gasteiger partial charge is 0.394 e. The lowest BCUT2D eigenvalue weighted by Crippen LogP contribution is -2.60. The zero-order chi connectivity index (χ0) is 53.4. The SMILES string of the molecule is CC(C)C[C@H](NC(=O)[C@@H](NC(=O)CNC(=O)[C@@H]1CCCN1C(=O)[C@@H](NC(=O)[C@H](CO)NC(=O)[C@@H](N)CCCCN)C(C)C)C(C)C)C(=O)N[C@@H](CCCN=C(N)N)C(=O)N[C@@H](Cc1ccccc1)C(N)=O. The zero-order valence-corrected chi connectivity index (χ0v) is 42.0. The summed E-state index contributed by atoms with van der Waals surface area (Å²) < 4.78 is 0. The predicted molar refractivity (Wildman–Crippen MR) is 266 cm³/mol. The van der Waals surface area contributed by atoms with Crippen LogP contribution in [0, 0.1) is 17.8 Å². The highest BCUT2D eigenvalue weighted by atomic mass is 16.3. The molecule has 1 aromatic rings. The van der Waals surface area contributed by atoms with Gasteiger partial charge in [0.25, 0.3) is 0 Å². The van der Waals surface area contributed by atoms with Gasteiger partial charge in [0, 0.05) is 19.5 Å². The summed E-state index contributed by atoms with van der Waals surface area (Å²) in [4.78, 5) is 126. The lowest BCUT2D eigenvalue weighted by atomic mass is 9.99. The third-order valence-electron chi connectivity index (χ3n) is 11.7. The smallest absolute Gasteiger partial charge is 0.246 e. The average molecular weight is 1000 g/mol. The fourth-order valence-electron chi connectivity index (χ4n) is 7.76. The number of nitrogens with zero attached hydrogens (tertiary/aromatic N) is 2. The summed E-state index contributed by atoms with van der Waals surface area (Å²) in [6.45, 7) is 9.75. The van der Waals surface area contributed by atoms with Gasteiger partial charge in [-0.3, -0.25) is 48.1 Å². The number of nitrogens with two attached hydrogens (primary N) is 5. The number of rotatable bonds is 31. The first-order valence-corrected chi connectivity index (χ1v) is 24.4. The van der Waals surface area contributed by atoms with Crippen molar-refractivity contribution < 1.29 is 48.3 Å². The van der Waals surface area contributed by atoms with Gasteiger partial charge in [0.1, 0.15) is 42.3 Å². The van der Waals surface area contributed by atoms with E-state index >= 15 is 0 Å². The predicted octanol–water partition coefficient (Wildman–Crippen LogP) is -3.41. The quantitative estimate of drug-likeness (QED) is 0.0196. The number of nitrogens with one attached hydrogen (secondary N) is 7. The van der Waals surface area contributed by atoms with Crippen molar-refractivity contribution in [2.24, 2.45) is 51.4 Å². The van der Waals surface area contributed by atoms with E-state index in [1.165, 1.54) is 4.90 Å². The molecule has 0 bridgehead atoms. The maximum absolute atomic E-state index is 14.0. The van der Waals surface area contributed by atoms with Crippen LogP contribution in [0.4, 0.5) is 0 Å². The normalized spacial score (nSPS) is 16.3. The number of unbranched alkanes of at least 4 members (excludes halogenated alkanes) is 1. The van der Waals surface area contributed by atoms with Gasteiger partial charge < -0.3 is 75.9 Å². The number of likely N-dealkylation sites (tertiary alicyclic amines) is 1. The number of carbonyl (C=O) groups is 9. The second-order valence-electron chi connectivity index (χ2n) is 18.9. The molecule has 0 aromatic heterocycles. The summed E-state index contributed by atoms with van der Waals surface area (Å²) in [5, 5.41) is 28.2. The molecule has 1 aliphatic heterocycles. The summed E-state index contributed by atoms with van der Waals surface area (Å²) in [6, 6.07) is -0.276. The van der Waals surface area contributed by atoms with Crippen molar-refractivity contribution in [2.45, 2.75) is 148 Å². The highest BCUT2D eigenvalue weighted by Gasteiger charge is 2.40. The number of hydrogen-bond donors (Lipinski definition) is 13. The van der Waals surface area contributed by atoms with Crippen molar-refractivity contribution in [3.8, 4) is 0 Å². The molecule has 8 atom stereocenters. The van der Waals surface area contributed by atoms with Crippen LogP contribution >= 0.6 is 0 Å². The van der Waals surface area contributed by atoms with Gasteiger partial charge in [0.2, 0.25) is 53.2 Å². The first kappa shape index (κ1) is 60.7. The molecule has 18 N–H and O–H groups in total. The van der Waals surface area contributed by atoms with Gasteiger partial charge in [-0.05, 0) is 74.8 Å². The van der Waals surface area contributed by atoms with Crippen LogP contribution in [0.5, 0.6) is 0 Å². The van der Waals surface area contributed by atoms with E-state index in [1.807, 2.05) is 13.8 Å². The van der Waals surface area contributed by atoms with E-state index in [1.54, 1.807) is 58.0 Å². The zero-order valence-electron chi connectivity index (χ0n) is 42.0. The Hall–Kier alpha value is -6.40. The molecule has 0 unspecified atom stereocenters. The third-order valence-corrected chi connectivity index (χ3v) is 11.7. The Morgan fingerprint density at radius 1 is 0.704 bits per heavy atom. The summed E-state index contributed by atoms with van der Waals surface area (Å²) >= 11 is 0. The van der Waals surface area contributed by atoms with Crippen LogP contribution in [0.15, 0.2) is 35.3 Å². The highest BCUT2D eigenvalue weighted by Crippen LogP contribution is 2.21. The van der Waals surface area contributed by atoms with Gasteiger partial charge in [0.05, 0.1) is 19.2 Å². The fourth-order valence-corrected chi connectivity index (χ4v) is 7.76. The molecule has 0 saturated carbocycles. The monoisotopic (exact) mass is 1000 g/mol. The van der Waals surface area contributed by atoms with Crippen molar-refractivity contribution in [1.82, 2.24) is 42.1 Å². The summed E-state index contributed by atoms with van der Waals surface area (Å²) in [5.41, 5.74) is 28.8. The van der Waals surface area contributed by atoms with Crippen LogP contribution in [-0.2, 0) is 49.6 Å². The van der Waals surface area contributed by atoms with Gasteiger partial charge in [-0.15, -0.1) is 0 Å². The molecule has 0 radical (unpaired) electrons. The Balaban J connectivity index is 2.15. The van der Waals surface area contributed by atoms with E-state index in [-0.39, 0.29) is 57.1 Å². The van der Waals surface area contributed by atoms with Crippen LogP contribution in [0.3, 0.4) is 0 Å². The van der Waals surface area contributed by atoms with Crippen LogP contribution in [-0.4, -0.2) is 150 Å². The Kier molecular flexibility index (Phi) is 26.6. The molecule has 1 aliphatic rings. The molecule has 2 rings (SSSR count). The summed E-state index contributed by atoms with van der Waals surface area (Å²) in [7, 11) is 0. The number of hydrogen-bond acceptors (Lipinski definition) is 13. The molecule has 1 fully saturated rings. The lowest BCUT2D eigenvalue weighted by Gasteiger charge is -2.31. The van der Waals surface area contributed by atoms with Gasteiger partial charge in [0.15, 0.2) is 5.96 Å². The molecule has 1 aromatic carbocycles. The summed E-state index contributed by atoms with van der Waals surface area (Å²) in [6.07, 6.45) is 2.79. The van der Waals surface area contributed by atoms with Crippen LogP contribution < -0.4 is 65.9 Å². The Morgan fingerprint density at radius 2 is 1.30 bits per heavy atom. The van der Waals surface area contributed by atoms with E-state index in [4.69, 9.17) is 28.7 Å². The molecule has 71 heavy (non-hydrogen) atoms. The Bertz CT molecular complexity index is 1970. The Morgan fingerprint density at radius 3 is 1.87 bits per heavy atom. The standard InChI is InChI=1S/C47H80N14O10/c1-26(2)22-33(42(67)55-31(17-12-20-53-47(51)52)41(66)56-32(39(50)64)23-29-14-8-7-9-15-29)57-45(70)37(27(3)4)59-36(63)24-54-44(69)35-18-13-21-61(35)46(71)38(28(5)6)60-43(68)34(25-62)58-40(65)30(49)16-10-11-19-48/h7-9,14-15,26-28,30-35,37-38,62H,10-13,16-25,48-49H2,1-6H3,(H2,50,64)(H,54,69)(H,55,67)(H,56,66)(H,57,70)(H,58,65)(H,59,63)(H,60,68)(H4,51,52,53)/t30-,31-,32-,33-,34-,35-,37-,38-/m0/s1. The first-order chi connectivity index (χ1) is 33.5. The van der Waals surface area contributed by atoms with Crippen molar-refractivity contribution in [1.29, 1.82) is 0 Å². The second-order valence-corrected chi connectivity index (χ2v) is 18.9. The molecule has 1 saturated heterocycles. The van der Waals surface area contributed by atoms with E-state index in [0.29, 0.717) is 32.2 Å². The molecule has 1 heterocycles. The van der Waals surface area contributed by atoms with Crippen molar-refractivity contribution >= 4 is 59.1 Å². The number of aliphatic hydroxyl groups is 1. The molecular weight excluding hydrogens is 921 g/mol. The molecule has 24 nitrogen and oxygen atoms in total. The number of benzene rings is 1. The number of aliphatic imine (C=N–C) groups is 1. The van der Waals surface area contributed by atoms with Gasteiger partial charge in [-0.1, -0.05) is 78.3 Å².